The molecule has 0 saturated heterocycles. The number of aromatic nitrogens is 2. The summed E-state index contributed by atoms with van der Waals surface area (Å²) in [6.45, 7) is 0. The van der Waals surface area contributed by atoms with Crippen LogP contribution >= 0.6 is 11.3 Å². The van der Waals surface area contributed by atoms with E-state index in [0.717, 1.165) is 17.0 Å². The predicted molar refractivity (Wildman–Crippen MR) is 109 cm³/mol. The molecule has 0 aliphatic rings. The molecule has 0 fully saturated rings. The number of anilines is 1. The summed E-state index contributed by atoms with van der Waals surface area (Å²) in [4.78, 5) is 5.21. The van der Waals surface area contributed by atoms with Gasteiger partial charge < -0.3 is 4.52 Å². The summed E-state index contributed by atoms with van der Waals surface area (Å²) in [6.07, 6.45) is 0.214. The maximum absolute atomic E-state index is 13.4. The molecule has 0 unspecified atom stereocenters. The maximum Gasteiger partial charge on any atom is 0.236 e. The monoisotopic (exact) mass is 447 g/mol. The molecule has 2 aromatic heterocycles. The third-order valence-electron chi connectivity index (χ3n) is 4.11. The molecule has 0 saturated carbocycles. The molecular formula is C20H15F2N3O3S2. The number of rotatable bonds is 7. The van der Waals surface area contributed by atoms with Crippen LogP contribution in [-0.2, 0) is 22.2 Å². The van der Waals surface area contributed by atoms with Crippen LogP contribution < -0.4 is 4.72 Å². The molecule has 6 nitrogen and oxygen atoms in total. The Morgan fingerprint density at radius 2 is 1.80 bits per heavy atom. The van der Waals surface area contributed by atoms with Crippen LogP contribution in [0.5, 0.6) is 0 Å². The lowest BCUT2D eigenvalue weighted by Crippen LogP contribution is -2.16. The molecule has 4 rings (SSSR count). The van der Waals surface area contributed by atoms with Crippen molar-refractivity contribution in [3.05, 3.63) is 88.6 Å². The van der Waals surface area contributed by atoms with Gasteiger partial charge >= 0.3 is 0 Å². The molecule has 1 N–H and O–H groups in total. The molecule has 0 amide bonds. The van der Waals surface area contributed by atoms with Gasteiger partial charge in [-0.15, -0.1) is 11.3 Å². The van der Waals surface area contributed by atoms with Gasteiger partial charge in [-0.25, -0.2) is 17.2 Å². The second-order valence-corrected chi connectivity index (χ2v) is 9.13. The van der Waals surface area contributed by atoms with Crippen LogP contribution in [0, 0.1) is 11.6 Å². The average molecular weight is 447 g/mol. The van der Waals surface area contributed by atoms with Gasteiger partial charge in [0.15, 0.2) is 0 Å². The van der Waals surface area contributed by atoms with E-state index >= 15 is 0 Å². The lowest BCUT2D eigenvalue weighted by atomic mass is 10.1. The minimum atomic E-state index is -3.91. The van der Waals surface area contributed by atoms with E-state index in [0.29, 0.717) is 29.0 Å². The summed E-state index contributed by atoms with van der Waals surface area (Å²) >= 11 is 1.48. The van der Waals surface area contributed by atoms with Gasteiger partial charge in [0.25, 0.3) is 0 Å². The Hall–Kier alpha value is -3.11. The average Bonchev–Trinajstić information content (AvgIpc) is 3.33. The number of hydrogen-bond acceptors (Lipinski definition) is 6. The maximum atomic E-state index is 13.4. The standard InChI is InChI=1S/C20H15F2N3O3S2/c21-15-8-13(9-16(22)11-15)12-30(26,27)25-17-5-2-1-4-14(17)10-19-23-20(24-28-19)18-6-3-7-29-18/h1-9,11,25H,10,12H2. The molecule has 4 aromatic rings. The van der Waals surface area contributed by atoms with Crippen LogP contribution in [0.3, 0.4) is 0 Å². The lowest BCUT2D eigenvalue weighted by molar-refractivity contribution is 0.386. The molecule has 0 radical (unpaired) electrons. The minimum absolute atomic E-state index is 0.00923. The highest BCUT2D eigenvalue weighted by Gasteiger charge is 2.17. The van der Waals surface area contributed by atoms with Crippen molar-refractivity contribution >= 4 is 27.0 Å². The van der Waals surface area contributed by atoms with E-state index in [2.05, 4.69) is 14.9 Å². The summed E-state index contributed by atoms with van der Waals surface area (Å²) in [6, 6.07) is 13.2. The number of benzene rings is 2. The zero-order valence-corrected chi connectivity index (χ0v) is 17.0. The minimum Gasteiger partial charge on any atom is -0.339 e. The van der Waals surface area contributed by atoms with E-state index in [1.54, 1.807) is 24.3 Å². The van der Waals surface area contributed by atoms with Gasteiger partial charge in [-0.1, -0.05) is 29.4 Å². The first-order valence-electron chi connectivity index (χ1n) is 8.78. The fraction of sp³-hybridized carbons (Fsp3) is 0.100. The Bertz CT molecular complexity index is 1250. The SMILES string of the molecule is O=S(=O)(Cc1cc(F)cc(F)c1)Nc1ccccc1Cc1nc(-c2cccs2)no1. The van der Waals surface area contributed by atoms with Crippen molar-refractivity contribution in [2.45, 2.75) is 12.2 Å². The van der Waals surface area contributed by atoms with Gasteiger partial charge in [-0.05, 0) is 40.8 Å². The Morgan fingerprint density at radius 1 is 1.03 bits per heavy atom. The van der Waals surface area contributed by atoms with Gasteiger partial charge in [-0.3, -0.25) is 4.72 Å². The van der Waals surface area contributed by atoms with Crippen molar-refractivity contribution in [2.24, 2.45) is 0 Å². The number of halogens is 2. The molecule has 30 heavy (non-hydrogen) atoms. The summed E-state index contributed by atoms with van der Waals surface area (Å²) in [5.41, 5.74) is 0.952. The number of nitrogens with one attached hydrogen (secondary N) is 1. The van der Waals surface area contributed by atoms with E-state index in [-0.39, 0.29) is 12.0 Å². The Kier molecular flexibility index (Phi) is 5.60. The van der Waals surface area contributed by atoms with E-state index in [1.807, 2.05) is 17.5 Å². The van der Waals surface area contributed by atoms with Crippen molar-refractivity contribution in [2.75, 3.05) is 4.72 Å². The highest BCUT2D eigenvalue weighted by molar-refractivity contribution is 7.91. The second-order valence-electron chi connectivity index (χ2n) is 6.46. The third-order valence-corrected chi connectivity index (χ3v) is 6.22. The topological polar surface area (TPSA) is 85.1 Å². The van der Waals surface area contributed by atoms with Crippen molar-refractivity contribution in [1.82, 2.24) is 10.1 Å². The van der Waals surface area contributed by atoms with Gasteiger partial charge in [0.1, 0.15) is 11.6 Å². The van der Waals surface area contributed by atoms with Gasteiger partial charge in [0, 0.05) is 6.07 Å². The van der Waals surface area contributed by atoms with E-state index in [4.69, 9.17) is 4.52 Å². The highest BCUT2D eigenvalue weighted by Crippen LogP contribution is 2.24. The first kappa shape index (κ1) is 20.2. The smallest absolute Gasteiger partial charge is 0.236 e. The number of thiophene rings is 1. The predicted octanol–water partition coefficient (Wildman–Crippen LogP) is 4.61. The fourth-order valence-electron chi connectivity index (χ4n) is 2.89. The first-order chi connectivity index (χ1) is 14.4. The summed E-state index contributed by atoms with van der Waals surface area (Å²) < 4.78 is 59.6. The van der Waals surface area contributed by atoms with Gasteiger partial charge in [0.05, 0.1) is 22.7 Å². The first-order valence-corrected chi connectivity index (χ1v) is 11.3. The number of nitrogens with zero attached hydrogens (tertiary/aromatic N) is 2. The van der Waals surface area contributed by atoms with Crippen LogP contribution in [0.25, 0.3) is 10.7 Å². The van der Waals surface area contributed by atoms with Gasteiger partial charge in [-0.2, -0.15) is 4.98 Å². The second kappa shape index (κ2) is 8.33. The molecule has 0 atom stereocenters. The summed E-state index contributed by atoms with van der Waals surface area (Å²) in [5.74, 6) is -1.44. The molecule has 0 aliphatic heterocycles. The highest BCUT2D eigenvalue weighted by atomic mass is 32.2. The fourth-order valence-corrected chi connectivity index (χ4v) is 4.75. The Balaban J connectivity index is 1.53. The molecule has 154 valence electrons. The molecule has 10 heteroatoms. The zero-order chi connectivity index (χ0) is 21.1. The molecule has 2 heterocycles. The van der Waals surface area contributed by atoms with Crippen LogP contribution in [0.15, 0.2) is 64.5 Å². The molecule has 2 aromatic carbocycles. The van der Waals surface area contributed by atoms with Crippen molar-refractivity contribution in [3.63, 3.8) is 0 Å². The molecule has 0 bridgehead atoms. The lowest BCUT2D eigenvalue weighted by Gasteiger charge is -2.12. The van der Waals surface area contributed by atoms with E-state index in [9.17, 15) is 17.2 Å². The van der Waals surface area contributed by atoms with Crippen molar-refractivity contribution in [1.29, 1.82) is 0 Å². The number of sulfonamides is 1. The zero-order valence-electron chi connectivity index (χ0n) is 15.4. The van der Waals surface area contributed by atoms with Crippen LogP contribution in [0.1, 0.15) is 17.0 Å². The van der Waals surface area contributed by atoms with E-state index in [1.165, 1.54) is 11.3 Å². The van der Waals surface area contributed by atoms with E-state index < -0.39 is 27.4 Å². The van der Waals surface area contributed by atoms with Crippen molar-refractivity contribution in [3.8, 4) is 10.7 Å². The molecular weight excluding hydrogens is 432 g/mol. The van der Waals surface area contributed by atoms with Crippen LogP contribution in [0.4, 0.5) is 14.5 Å². The quantitative estimate of drug-likeness (QED) is 0.447. The summed E-state index contributed by atoms with van der Waals surface area (Å²) in [7, 11) is -3.91. The molecule has 0 aliphatic carbocycles. The van der Waals surface area contributed by atoms with Gasteiger partial charge in [0.2, 0.25) is 21.7 Å². The van der Waals surface area contributed by atoms with Crippen molar-refractivity contribution < 1.29 is 21.7 Å². The number of hydrogen-bond donors (Lipinski definition) is 1. The molecule has 0 spiro atoms. The summed E-state index contributed by atoms with van der Waals surface area (Å²) in [5, 5.41) is 5.85. The largest absolute Gasteiger partial charge is 0.339 e. The normalized spacial score (nSPS) is 11.5. The Labute approximate surface area is 175 Å². The Morgan fingerprint density at radius 3 is 2.53 bits per heavy atom. The van der Waals surface area contributed by atoms with Crippen LogP contribution in [-0.4, -0.2) is 18.6 Å². The number of para-hydroxylation sites is 1. The third kappa shape index (κ3) is 4.89. The van der Waals surface area contributed by atoms with Crippen LogP contribution in [0.2, 0.25) is 0 Å².